The topological polar surface area (TPSA) is 60.2 Å². The predicted octanol–water partition coefficient (Wildman–Crippen LogP) is 1.92. The molecule has 0 aliphatic carbocycles. The van der Waals surface area contributed by atoms with Gasteiger partial charge in [0.25, 0.3) is 5.91 Å². The smallest absolute Gasteiger partial charge is 0.255 e. The zero-order valence-electron chi connectivity index (χ0n) is 12.1. The summed E-state index contributed by atoms with van der Waals surface area (Å²) in [6.45, 7) is 2.96. The number of benzene rings is 1. The van der Waals surface area contributed by atoms with E-state index in [1.807, 2.05) is 29.2 Å². The van der Waals surface area contributed by atoms with Crippen LogP contribution in [0.3, 0.4) is 0 Å². The fraction of sp³-hybridized carbons (Fsp3) is 0.235. The molecule has 1 aliphatic rings. The first-order valence-electron chi connectivity index (χ1n) is 7.22. The van der Waals surface area contributed by atoms with Gasteiger partial charge in [-0.1, -0.05) is 0 Å². The molecule has 5 nitrogen and oxygen atoms in total. The fourth-order valence-corrected chi connectivity index (χ4v) is 2.59. The van der Waals surface area contributed by atoms with Crippen LogP contribution < -0.4 is 4.90 Å². The van der Waals surface area contributed by atoms with Gasteiger partial charge in [0, 0.05) is 44.3 Å². The quantitative estimate of drug-likeness (QED) is 0.848. The maximum atomic E-state index is 12.4. The van der Waals surface area contributed by atoms with E-state index in [1.54, 1.807) is 24.5 Å². The van der Waals surface area contributed by atoms with Crippen molar-refractivity contribution >= 4 is 11.6 Å². The van der Waals surface area contributed by atoms with Gasteiger partial charge in [0.1, 0.15) is 0 Å². The number of amides is 1. The number of hydrogen-bond acceptors (Lipinski definition) is 4. The van der Waals surface area contributed by atoms with Gasteiger partial charge in [0.2, 0.25) is 0 Å². The summed E-state index contributed by atoms with van der Waals surface area (Å²) in [7, 11) is 0. The molecule has 3 rings (SSSR count). The third-order valence-corrected chi connectivity index (χ3v) is 3.84. The van der Waals surface area contributed by atoms with Crippen LogP contribution in [0.25, 0.3) is 0 Å². The van der Waals surface area contributed by atoms with Gasteiger partial charge in [-0.05, 0) is 36.4 Å². The Morgan fingerprint density at radius 2 is 1.82 bits per heavy atom. The first-order chi connectivity index (χ1) is 10.8. The Morgan fingerprint density at radius 3 is 2.41 bits per heavy atom. The predicted molar refractivity (Wildman–Crippen MR) is 83.5 cm³/mol. The third kappa shape index (κ3) is 2.91. The van der Waals surface area contributed by atoms with Crippen molar-refractivity contribution in [3.63, 3.8) is 0 Å². The lowest BCUT2D eigenvalue weighted by atomic mass is 10.2. The molecule has 1 aliphatic heterocycles. The minimum absolute atomic E-state index is 0.0348. The van der Waals surface area contributed by atoms with Gasteiger partial charge in [-0.2, -0.15) is 5.26 Å². The van der Waals surface area contributed by atoms with Crippen LogP contribution in [0.1, 0.15) is 15.9 Å². The zero-order chi connectivity index (χ0) is 15.4. The summed E-state index contributed by atoms with van der Waals surface area (Å²) < 4.78 is 0. The number of piperazine rings is 1. The number of nitriles is 1. The van der Waals surface area contributed by atoms with Gasteiger partial charge in [0.05, 0.1) is 17.2 Å². The van der Waals surface area contributed by atoms with Crippen molar-refractivity contribution in [2.45, 2.75) is 0 Å². The Bertz CT molecular complexity index is 683. The summed E-state index contributed by atoms with van der Waals surface area (Å²) >= 11 is 0. The van der Waals surface area contributed by atoms with Crippen molar-refractivity contribution < 1.29 is 4.79 Å². The minimum Gasteiger partial charge on any atom is -0.368 e. The minimum atomic E-state index is 0.0348. The highest BCUT2D eigenvalue weighted by atomic mass is 16.2. The van der Waals surface area contributed by atoms with E-state index >= 15 is 0 Å². The first-order valence-corrected chi connectivity index (χ1v) is 7.22. The maximum Gasteiger partial charge on any atom is 0.255 e. The lowest BCUT2D eigenvalue weighted by Crippen LogP contribution is -2.48. The van der Waals surface area contributed by atoms with Crippen LogP contribution in [-0.4, -0.2) is 42.0 Å². The Balaban J connectivity index is 1.62. The molecular weight excluding hydrogens is 276 g/mol. The number of anilines is 1. The monoisotopic (exact) mass is 292 g/mol. The van der Waals surface area contributed by atoms with E-state index in [0.717, 1.165) is 18.8 Å². The number of rotatable bonds is 2. The molecule has 1 saturated heterocycles. The van der Waals surface area contributed by atoms with Gasteiger partial charge < -0.3 is 9.80 Å². The van der Waals surface area contributed by atoms with Crippen LogP contribution >= 0.6 is 0 Å². The van der Waals surface area contributed by atoms with E-state index < -0.39 is 0 Å². The van der Waals surface area contributed by atoms with Crippen molar-refractivity contribution in [3.05, 3.63) is 59.9 Å². The largest absolute Gasteiger partial charge is 0.368 e. The molecule has 1 aromatic heterocycles. The van der Waals surface area contributed by atoms with Gasteiger partial charge in [-0.25, -0.2) is 0 Å². The van der Waals surface area contributed by atoms with Crippen LogP contribution in [0.4, 0.5) is 5.69 Å². The molecule has 0 spiro atoms. The standard InChI is InChI=1S/C17H16N4O/c18-12-14-3-5-16(6-4-14)20-8-10-21(11-9-20)17(22)15-2-1-7-19-13-15/h1-7,13H,8-11H2. The van der Waals surface area contributed by atoms with Gasteiger partial charge in [-0.3, -0.25) is 9.78 Å². The summed E-state index contributed by atoms with van der Waals surface area (Å²) in [6, 6.07) is 13.2. The van der Waals surface area contributed by atoms with E-state index in [2.05, 4.69) is 16.0 Å². The lowest BCUT2D eigenvalue weighted by Gasteiger charge is -2.36. The molecular formula is C17H16N4O. The summed E-state index contributed by atoms with van der Waals surface area (Å²) in [6.07, 6.45) is 3.27. The van der Waals surface area contributed by atoms with Crippen LogP contribution in [0, 0.1) is 11.3 Å². The van der Waals surface area contributed by atoms with E-state index in [4.69, 9.17) is 5.26 Å². The summed E-state index contributed by atoms with van der Waals surface area (Å²) in [5.74, 6) is 0.0348. The molecule has 5 heteroatoms. The molecule has 0 saturated carbocycles. The van der Waals surface area contributed by atoms with Crippen molar-refractivity contribution in [3.8, 4) is 6.07 Å². The summed E-state index contributed by atoms with van der Waals surface area (Å²) in [4.78, 5) is 20.4. The van der Waals surface area contributed by atoms with Crippen molar-refractivity contribution in [1.82, 2.24) is 9.88 Å². The van der Waals surface area contributed by atoms with Crippen molar-refractivity contribution in [2.24, 2.45) is 0 Å². The van der Waals surface area contributed by atoms with Gasteiger partial charge in [-0.15, -0.1) is 0 Å². The number of carbonyl (C=O) groups is 1. The molecule has 110 valence electrons. The van der Waals surface area contributed by atoms with E-state index in [-0.39, 0.29) is 5.91 Å². The molecule has 0 N–H and O–H groups in total. The molecule has 2 aromatic rings. The second-order valence-corrected chi connectivity index (χ2v) is 5.18. The second kappa shape index (κ2) is 6.27. The van der Waals surface area contributed by atoms with E-state index in [1.165, 1.54) is 0 Å². The van der Waals surface area contributed by atoms with Gasteiger partial charge in [0.15, 0.2) is 0 Å². The lowest BCUT2D eigenvalue weighted by molar-refractivity contribution is 0.0746. The number of carbonyl (C=O) groups excluding carboxylic acids is 1. The highest BCUT2D eigenvalue weighted by Crippen LogP contribution is 2.18. The molecule has 1 fully saturated rings. The SMILES string of the molecule is N#Cc1ccc(N2CCN(C(=O)c3cccnc3)CC2)cc1. The average Bonchev–Trinajstić information content (AvgIpc) is 2.62. The van der Waals surface area contributed by atoms with Crippen LogP contribution in [0.5, 0.6) is 0 Å². The van der Waals surface area contributed by atoms with E-state index in [9.17, 15) is 4.79 Å². The molecule has 1 amide bonds. The Labute approximate surface area is 129 Å². The van der Waals surface area contributed by atoms with Crippen molar-refractivity contribution in [1.29, 1.82) is 5.26 Å². The molecule has 0 radical (unpaired) electrons. The Hall–Kier alpha value is -2.87. The molecule has 0 atom stereocenters. The molecule has 22 heavy (non-hydrogen) atoms. The number of hydrogen-bond donors (Lipinski definition) is 0. The Kier molecular flexibility index (Phi) is 4.01. The third-order valence-electron chi connectivity index (χ3n) is 3.84. The average molecular weight is 292 g/mol. The normalized spacial score (nSPS) is 14.5. The molecule has 1 aromatic carbocycles. The second-order valence-electron chi connectivity index (χ2n) is 5.18. The van der Waals surface area contributed by atoms with Crippen LogP contribution in [0.15, 0.2) is 48.8 Å². The van der Waals surface area contributed by atoms with Crippen molar-refractivity contribution in [2.75, 3.05) is 31.1 Å². The highest BCUT2D eigenvalue weighted by Gasteiger charge is 2.22. The number of nitrogens with zero attached hydrogens (tertiary/aromatic N) is 4. The summed E-state index contributed by atoms with van der Waals surface area (Å²) in [5, 5.41) is 8.83. The number of aromatic nitrogens is 1. The molecule has 0 bridgehead atoms. The van der Waals surface area contributed by atoms with E-state index in [0.29, 0.717) is 24.2 Å². The van der Waals surface area contributed by atoms with Gasteiger partial charge >= 0.3 is 0 Å². The molecule has 2 heterocycles. The zero-order valence-corrected chi connectivity index (χ0v) is 12.1. The van der Waals surface area contributed by atoms with Crippen LogP contribution in [-0.2, 0) is 0 Å². The highest BCUT2D eigenvalue weighted by molar-refractivity contribution is 5.94. The Morgan fingerprint density at radius 1 is 1.09 bits per heavy atom. The fourth-order valence-electron chi connectivity index (χ4n) is 2.59. The first kappa shape index (κ1) is 14.1. The summed E-state index contributed by atoms with van der Waals surface area (Å²) in [5.41, 5.74) is 2.39. The molecule has 0 unspecified atom stereocenters. The maximum absolute atomic E-state index is 12.4. The van der Waals surface area contributed by atoms with Crippen LogP contribution in [0.2, 0.25) is 0 Å². The number of pyridine rings is 1.